The molecule has 0 amide bonds. The first kappa shape index (κ1) is 13.0. The van der Waals surface area contributed by atoms with Crippen LogP contribution < -0.4 is 0 Å². The summed E-state index contributed by atoms with van der Waals surface area (Å²) in [6.07, 6.45) is 0. The summed E-state index contributed by atoms with van der Waals surface area (Å²) in [5, 5.41) is 11.6. The van der Waals surface area contributed by atoms with Gasteiger partial charge in [-0.15, -0.1) is 23.7 Å². The minimum Gasteiger partial charge on any atom is -0.476 e. The van der Waals surface area contributed by atoms with Crippen LogP contribution in [0.2, 0.25) is 5.02 Å². The van der Waals surface area contributed by atoms with Crippen LogP contribution in [-0.2, 0) is 0 Å². The van der Waals surface area contributed by atoms with E-state index in [1.165, 1.54) is 16.7 Å². The lowest BCUT2D eigenvalue weighted by Gasteiger charge is -1.95. The van der Waals surface area contributed by atoms with Crippen LogP contribution in [0.25, 0.3) is 10.6 Å². The smallest absolute Gasteiger partial charge is 0.355 e. The number of hydrogen-bond acceptors (Lipinski definition) is 3. The maximum absolute atomic E-state index is 10.6. The molecule has 0 saturated heterocycles. The van der Waals surface area contributed by atoms with E-state index in [2.05, 4.69) is 4.98 Å². The number of rotatable bonds is 2. The average Bonchev–Trinajstić information content (AvgIpc) is 2.68. The quantitative estimate of drug-likeness (QED) is 0.912. The van der Waals surface area contributed by atoms with E-state index in [0.717, 1.165) is 5.56 Å². The van der Waals surface area contributed by atoms with Crippen LogP contribution in [-0.4, -0.2) is 16.1 Å². The van der Waals surface area contributed by atoms with Gasteiger partial charge < -0.3 is 5.11 Å². The number of carboxylic acid groups (broad SMARTS) is 1. The van der Waals surface area contributed by atoms with Crippen LogP contribution in [0.4, 0.5) is 0 Å². The molecule has 0 aliphatic carbocycles. The van der Waals surface area contributed by atoms with Crippen LogP contribution in [0.15, 0.2) is 29.6 Å². The van der Waals surface area contributed by atoms with Gasteiger partial charge in [0.05, 0.1) is 0 Å². The SMILES string of the molecule is Cl.O=C(O)c1csc(-c2ccc(Cl)cc2)n1. The van der Waals surface area contributed by atoms with E-state index in [0.29, 0.717) is 10.0 Å². The molecule has 0 fully saturated rings. The molecule has 16 heavy (non-hydrogen) atoms. The van der Waals surface area contributed by atoms with Gasteiger partial charge in [-0.2, -0.15) is 0 Å². The summed E-state index contributed by atoms with van der Waals surface area (Å²) in [4.78, 5) is 14.6. The number of thiazole rings is 1. The Hall–Kier alpha value is -1.10. The minimum absolute atomic E-state index is 0. The second-order valence-corrected chi connectivity index (χ2v) is 4.14. The summed E-state index contributed by atoms with van der Waals surface area (Å²) in [7, 11) is 0. The summed E-state index contributed by atoms with van der Waals surface area (Å²) in [5.74, 6) is -1.01. The van der Waals surface area contributed by atoms with Crippen molar-refractivity contribution < 1.29 is 9.90 Å². The Morgan fingerprint density at radius 1 is 1.31 bits per heavy atom. The Balaban J connectivity index is 0.00000128. The molecular weight excluding hydrogens is 269 g/mol. The second-order valence-electron chi connectivity index (χ2n) is 2.85. The molecule has 0 saturated carbocycles. The van der Waals surface area contributed by atoms with Crippen molar-refractivity contribution in [1.29, 1.82) is 0 Å². The number of carboxylic acids is 1. The molecule has 1 N–H and O–H groups in total. The highest BCUT2D eigenvalue weighted by molar-refractivity contribution is 7.13. The molecule has 0 bridgehead atoms. The second kappa shape index (κ2) is 5.30. The molecule has 0 atom stereocenters. The number of carbonyl (C=O) groups is 1. The Kier molecular flexibility index (Phi) is 4.29. The molecule has 2 aromatic rings. The largest absolute Gasteiger partial charge is 0.476 e. The highest BCUT2D eigenvalue weighted by Gasteiger charge is 2.09. The summed E-state index contributed by atoms with van der Waals surface area (Å²) < 4.78 is 0. The third kappa shape index (κ3) is 2.72. The molecule has 3 nitrogen and oxygen atoms in total. The molecular formula is C10H7Cl2NO2S. The van der Waals surface area contributed by atoms with Crippen molar-refractivity contribution in [3.05, 3.63) is 40.4 Å². The third-order valence-electron chi connectivity index (χ3n) is 1.81. The van der Waals surface area contributed by atoms with E-state index in [-0.39, 0.29) is 18.1 Å². The number of halogens is 2. The van der Waals surface area contributed by atoms with Crippen molar-refractivity contribution in [2.24, 2.45) is 0 Å². The summed E-state index contributed by atoms with van der Waals surface area (Å²) in [6.45, 7) is 0. The van der Waals surface area contributed by atoms with Gasteiger partial charge in [0.25, 0.3) is 0 Å². The zero-order valence-electron chi connectivity index (χ0n) is 7.88. The van der Waals surface area contributed by atoms with Crippen LogP contribution in [0.1, 0.15) is 10.5 Å². The van der Waals surface area contributed by atoms with E-state index in [9.17, 15) is 4.79 Å². The van der Waals surface area contributed by atoms with Crippen molar-refractivity contribution in [2.45, 2.75) is 0 Å². The summed E-state index contributed by atoms with van der Waals surface area (Å²) in [5.41, 5.74) is 0.946. The molecule has 6 heteroatoms. The maximum Gasteiger partial charge on any atom is 0.355 e. The lowest BCUT2D eigenvalue weighted by molar-refractivity contribution is 0.0691. The lowest BCUT2D eigenvalue weighted by Crippen LogP contribution is -1.95. The Morgan fingerprint density at radius 3 is 2.44 bits per heavy atom. The fourth-order valence-electron chi connectivity index (χ4n) is 1.10. The van der Waals surface area contributed by atoms with Gasteiger partial charge in [0.1, 0.15) is 5.01 Å². The molecule has 1 heterocycles. The molecule has 1 aromatic heterocycles. The molecule has 0 aliphatic rings. The van der Waals surface area contributed by atoms with E-state index in [1.807, 2.05) is 12.1 Å². The van der Waals surface area contributed by atoms with Crippen LogP contribution in [0.3, 0.4) is 0 Å². The molecule has 0 radical (unpaired) electrons. The van der Waals surface area contributed by atoms with Gasteiger partial charge >= 0.3 is 5.97 Å². The molecule has 1 aromatic carbocycles. The molecule has 84 valence electrons. The number of nitrogens with zero attached hydrogens (tertiary/aromatic N) is 1. The van der Waals surface area contributed by atoms with Crippen LogP contribution in [0, 0.1) is 0 Å². The highest BCUT2D eigenvalue weighted by Crippen LogP contribution is 2.24. The first-order chi connectivity index (χ1) is 7.16. The van der Waals surface area contributed by atoms with Gasteiger partial charge in [0, 0.05) is 16.0 Å². The van der Waals surface area contributed by atoms with E-state index in [1.54, 1.807) is 12.1 Å². The molecule has 2 rings (SSSR count). The summed E-state index contributed by atoms with van der Waals surface area (Å²) in [6, 6.07) is 7.12. The average molecular weight is 276 g/mol. The maximum atomic E-state index is 10.6. The van der Waals surface area contributed by atoms with Crippen LogP contribution >= 0.6 is 35.3 Å². The summed E-state index contributed by atoms with van der Waals surface area (Å²) >= 11 is 7.05. The zero-order chi connectivity index (χ0) is 10.8. The van der Waals surface area contributed by atoms with Crippen molar-refractivity contribution in [3.63, 3.8) is 0 Å². The predicted molar refractivity (Wildman–Crippen MR) is 66.8 cm³/mol. The topological polar surface area (TPSA) is 50.2 Å². The van der Waals surface area contributed by atoms with Gasteiger partial charge in [0.2, 0.25) is 0 Å². The van der Waals surface area contributed by atoms with Crippen molar-refractivity contribution in [2.75, 3.05) is 0 Å². The third-order valence-corrected chi connectivity index (χ3v) is 2.96. The van der Waals surface area contributed by atoms with Crippen LogP contribution in [0.5, 0.6) is 0 Å². The van der Waals surface area contributed by atoms with E-state index in [4.69, 9.17) is 16.7 Å². The van der Waals surface area contributed by atoms with E-state index < -0.39 is 5.97 Å². The number of benzene rings is 1. The van der Waals surface area contributed by atoms with Gasteiger partial charge in [-0.3, -0.25) is 0 Å². The fourth-order valence-corrected chi connectivity index (χ4v) is 2.02. The molecule has 0 unspecified atom stereocenters. The molecule has 0 aliphatic heterocycles. The number of hydrogen-bond donors (Lipinski definition) is 1. The monoisotopic (exact) mass is 275 g/mol. The minimum atomic E-state index is -1.01. The fraction of sp³-hybridized carbons (Fsp3) is 0. The number of aromatic nitrogens is 1. The molecule has 0 spiro atoms. The van der Waals surface area contributed by atoms with Crippen molar-refractivity contribution in [1.82, 2.24) is 4.98 Å². The van der Waals surface area contributed by atoms with Gasteiger partial charge in [-0.1, -0.05) is 23.7 Å². The zero-order valence-corrected chi connectivity index (χ0v) is 10.3. The first-order valence-corrected chi connectivity index (χ1v) is 5.37. The number of aromatic carboxylic acids is 1. The van der Waals surface area contributed by atoms with Gasteiger partial charge in [-0.05, 0) is 12.1 Å². The van der Waals surface area contributed by atoms with E-state index >= 15 is 0 Å². The first-order valence-electron chi connectivity index (χ1n) is 4.11. The predicted octanol–water partition coefficient (Wildman–Crippen LogP) is 3.58. The normalized spacial score (nSPS) is 9.56. The van der Waals surface area contributed by atoms with Crippen molar-refractivity contribution >= 4 is 41.3 Å². The van der Waals surface area contributed by atoms with Crippen molar-refractivity contribution in [3.8, 4) is 10.6 Å². The van der Waals surface area contributed by atoms with Gasteiger partial charge in [0.15, 0.2) is 5.69 Å². The standard InChI is InChI=1S/C10H6ClNO2S.ClH/c11-7-3-1-6(2-4-7)9-12-8(5-15-9)10(13)14;/h1-5H,(H,13,14);1H. The Labute approximate surface area is 107 Å². The Morgan fingerprint density at radius 2 is 1.94 bits per heavy atom. The Bertz CT molecular complexity index is 496. The lowest BCUT2D eigenvalue weighted by atomic mass is 10.2. The van der Waals surface area contributed by atoms with Gasteiger partial charge in [-0.25, -0.2) is 9.78 Å². The highest BCUT2D eigenvalue weighted by atomic mass is 35.5.